The van der Waals surface area contributed by atoms with Crippen molar-refractivity contribution in [1.29, 1.82) is 0 Å². The summed E-state index contributed by atoms with van der Waals surface area (Å²) in [7, 11) is 1.92. The summed E-state index contributed by atoms with van der Waals surface area (Å²) in [6.45, 7) is 2.12. The lowest BCUT2D eigenvalue weighted by Gasteiger charge is -2.00. The number of allylic oxidation sites excluding steroid dienone is 2. The zero-order valence-electron chi connectivity index (χ0n) is 8.00. The molecule has 0 aliphatic carbocycles. The number of aromatic nitrogens is 3. The number of alkyl halides is 1. The van der Waals surface area contributed by atoms with Gasteiger partial charge in [0.2, 0.25) is 0 Å². The predicted octanol–water partition coefficient (Wildman–Crippen LogP) is 2.09. The Hall–Kier alpha value is -0.640. The molecule has 0 amide bonds. The van der Waals surface area contributed by atoms with Crippen LogP contribution in [-0.2, 0) is 13.5 Å². The van der Waals surface area contributed by atoms with E-state index in [0.29, 0.717) is 0 Å². The summed E-state index contributed by atoms with van der Waals surface area (Å²) < 4.78 is 1.81. The van der Waals surface area contributed by atoms with E-state index in [1.807, 2.05) is 11.7 Å². The van der Waals surface area contributed by atoms with E-state index in [4.69, 9.17) is 0 Å². The molecule has 0 radical (unpaired) electrons. The van der Waals surface area contributed by atoms with Gasteiger partial charge in [-0.05, 0) is 13.3 Å². The first-order valence-corrected chi connectivity index (χ1v) is 5.40. The van der Waals surface area contributed by atoms with Crippen LogP contribution in [0.5, 0.6) is 0 Å². The van der Waals surface area contributed by atoms with E-state index in [9.17, 15) is 0 Å². The van der Waals surface area contributed by atoms with Crippen LogP contribution in [0.3, 0.4) is 0 Å². The van der Waals surface area contributed by atoms with Crippen molar-refractivity contribution in [2.45, 2.75) is 19.8 Å². The van der Waals surface area contributed by atoms with Crippen LogP contribution in [0.1, 0.15) is 19.2 Å². The van der Waals surface area contributed by atoms with Crippen molar-refractivity contribution >= 4 is 15.9 Å². The Morgan fingerprint density at radius 3 is 3.00 bits per heavy atom. The molecular weight excluding hydrogens is 230 g/mol. The summed E-state index contributed by atoms with van der Waals surface area (Å²) in [5.74, 6) is 1.02. The number of aryl methyl sites for hydroxylation is 1. The Bertz CT molecular complexity index is 291. The lowest BCUT2D eigenvalue weighted by molar-refractivity contribution is 0.713. The fourth-order valence-electron chi connectivity index (χ4n) is 1.10. The van der Waals surface area contributed by atoms with Crippen LogP contribution in [0.2, 0.25) is 0 Å². The highest BCUT2D eigenvalue weighted by atomic mass is 79.9. The molecule has 0 bridgehead atoms. The Morgan fingerprint density at radius 1 is 1.69 bits per heavy atom. The Morgan fingerprint density at radius 2 is 2.46 bits per heavy atom. The molecule has 72 valence electrons. The van der Waals surface area contributed by atoms with Crippen molar-refractivity contribution < 1.29 is 0 Å². The minimum absolute atomic E-state index is 0.892. The summed E-state index contributed by atoms with van der Waals surface area (Å²) in [6.07, 6.45) is 5.78. The van der Waals surface area contributed by atoms with Gasteiger partial charge in [0.05, 0.1) is 0 Å². The normalized spacial score (nSPS) is 12.1. The third-order valence-corrected chi connectivity index (χ3v) is 2.30. The quantitative estimate of drug-likeness (QED) is 0.599. The summed E-state index contributed by atoms with van der Waals surface area (Å²) in [5, 5.41) is 5.04. The van der Waals surface area contributed by atoms with Gasteiger partial charge in [-0.3, -0.25) is 4.68 Å². The second-order valence-corrected chi connectivity index (χ2v) is 3.80. The summed E-state index contributed by atoms with van der Waals surface area (Å²) in [6, 6.07) is 0. The first-order chi connectivity index (χ1) is 6.24. The Labute approximate surface area is 87.0 Å². The van der Waals surface area contributed by atoms with Gasteiger partial charge in [0.15, 0.2) is 0 Å². The van der Waals surface area contributed by atoms with Crippen molar-refractivity contribution in [1.82, 2.24) is 14.8 Å². The molecule has 0 unspecified atom stereocenters. The van der Waals surface area contributed by atoms with E-state index in [2.05, 4.69) is 39.0 Å². The van der Waals surface area contributed by atoms with Gasteiger partial charge in [-0.15, -0.1) is 0 Å². The van der Waals surface area contributed by atoms with Crippen LogP contribution >= 0.6 is 15.9 Å². The molecule has 0 fully saturated rings. The number of halogens is 1. The number of hydrogen-bond donors (Lipinski definition) is 0. The van der Waals surface area contributed by atoms with Crippen LogP contribution in [0.15, 0.2) is 18.0 Å². The summed E-state index contributed by atoms with van der Waals surface area (Å²) in [5.41, 5.74) is 1.34. The molecule has 0 spiro atoms. The van der Waals surface area contributed by atoms with Crippen LogP contribution < -0.4 is 0 Å². The van der Waals surface area contributed by atoms with Gasteiger partial charge >= 0.3 is 0 Å². The molecule has 4 heteroatoms. The van der Waals surface area contributed by atoms with Crippen molar-refractivity contribution in [3.63, 3.8) is 0 Å². The van der Waals surface area contributed by atoms with Gasteiger partial charge in [-0.25, -0.2) is 4.98 Å². The molecule has 0 saturated heterocycles. The predicted molar refractivity (Wildman–Crippen MR) is 56.9 cm³/mol. The average molecular weight is 244 g/mol. The maximum atomic E-state index is 4.16. The van der Waals surface area contributed by atoms with Crippen molar-refractivity contribution in [3.05, 3.63) is 23.8 Å². The monoisotopic (exact) mass is 243 g/mol. The molecule has 3 nitrogen and oxygen atoms in total. The number of rotatable bonds is 4. The maximum Gasteiger partial charge on any atom is 0.138 e. The molecule has 1 rings (SSSR count). The summed E-state index contributed by atoms with van der Waals surface area (Å²) >= 11 is 3.39. The molecule has 0 aliphatic heterocycles. The van der Waals surface area contributed by atoms with Gasteiger partial charge in [-0.2, -0.15) is 5.10 Å². The minimum atomic E-state index is 0.892. The number of nitrogens with zero attached hydrogens (tertiary/aromatic N) is 3. The topological polar surface area (TPSA) is 30.7 Å². The smallest absolute Gasteiger partial charge is 0.138 e. The average Bonchev–Trinajstić information content (AvgIpc) is 2.48. The van der Waals surface area contributed by atoms with E-state index in [1.54, 1.807) is 6.33 Å². The molecule has 0 saturated carbocycles. The van der Waals surface area contributed by atoms with E-state index in [-0.39, 0.29) is 0 Å². The highest BCUT2D eigenvalue weighted by Crippen LogP contribution is 2.04. The highest BCUT2D eigenvalue weighted by molar-refractivity contribution is 9.09. The molecule has 13 heavy (non-hydrogen) atoms. The molecule has 0 aliphatic rings. The van der Waals surface area contributed by atoms with Crippen LogP contribution in [0, 0.1) is 0 Å². The zero-order valence-corrected chi connectivity index (χ0v) is 9.58. The number of hydrogen-bond acceptors (Lipinski definition) is 2. The molecule has 1 heterocycles. The largest absolute Gasteiger partial charge is 0.253 e. The fourth-order valence-corrected chi connectivity index (χ4v) is 1.33. The van der Waals surface area contributed by atoms with Gasteiger partial charge in [0, 0.05) is 18.8 Å². The van der Waals surface area contributed by atoms with Crippen molar-refractivity contribution in [2.75, 3.05) is 5.33 Å². The fraction of sp³-hybridized carbons (Fsp3) is 0.556. The second kappa shape index (κ2) is 5.17. The molecule has 1 aromatic rings. The maximum absolute atomic E-state index is 4.16. The first kappa shape index (κ1) is 10.4. The van der Waals surface area contributed by atoms with Crippen LogP contribution in [0.4, 0.5) is 0 Å². The van der Waals surface area contributed by atoms with Gasteiger partial charge < -0.3 is 0 Å². The van der Waals surface area contributed by atoms with Crippen LogP contribution in [-0.4, -0.2) is 20.1 Å². The van der Waals surface area contributed by atoms with Crippen molar-refractivity contribution in [3.8, 4) is 0 Å². The van der Waals surface area contributed by atoms with Crippen LogP contribution in [0.25, 0.3) is 0 Å². The minimum Gasteiger partial charge on any atom is -0.253 e. The zero-order chi connectivity index (χ0) is 9.68. The van der Waals surface area contributed by atoms with Crippen molar-refractivity contribution in [2.24, 2.45) is 7.05 Å². The van der Waals surface area contributed by atoms with E-state index in [1.165, 1.54) is 5.57 Å². The van der Waals surface area contributed by atoms with Gasteiger partial charge in [-0.1, -0.05) is 27.6 Å². The third-order valence-electron chi connectivity index (χ3n) is 1.84. The van der Waals surface area contributed by atoms with E-state index >= 15 is 0 Å². The van der Waals surface area contributed by atoms with E-state index < -0.39 is 0 Å². The molecule has 1 aromatic heterocycles. The highest BCUT2D eigenvalue weighted by Gasteiger charge is 2.00. The molecule has 0 aromatic carbocycles. The molecular formula is C9H14BrN3. The Kier molecular flexibility index (Phi) is 4.15. The SMILES string of the molecule is CC(=CCCBr)Cc1ncnn1C. The summed E-state index contributed by atoms with van der Waals surface area (Å²) in [4.78, 5) is 4.16. The first-order valence-electron chi connectivity index (χ1n) is 4.28. The lowest BCUT2D eigenvalue weighted by Crippen LogP contribution is -2.00. The van der Waals surface area contributed by atoms with Gasteiger partial charge in [0.25, 0.3) is 0 Å². The molecule has 0 atom stereocenters. The molecule has 0 N–H and O–H groups in total. The Balaban J connectivity index is 2.54. The second-order valence-electron chi connectivity index (χ2n) is 3.00. The van der Waals surface area contributed by atoms with Gasteiger partial charge in [0.1, 0.15) is 12.2 Å². The third kappa shape index (κ3) is 3.30. The van der Waals surface area contributed by atoms with E-state index in [0.717, 1.165) is 24.0 Å². The lowest BCUT2D eigenvalue weighted by atomic mass is 10.2. The standard InChI is InChI=1S/C9H14BrN3/c1-8(4-3-5-10)6-9-11-7-12-13(9)2/h4,7H,3,5-6H2,1-2H3.